The molecule has 13 heavy (non-hydrogen) atoms. The van der Waals surface area contributed by atoms with Crippen LogP contribution in [0.2, 0.25) is 0 Å². The highest BCUT2D eigenvalue weighted by molar-refractivity contribution is 5.95. The third-order valence-corrected chi connectivity index (χ3v) is 1.42. The van der Waals surface area contributed by atoms with Gasteiger partial charge in [0.1, 0.15) is 18.6 Å². The molecule has 0 radical (unpaired) electrons. The van der Waals surface area contributed by atoms with Gasteiger partial charge in [0, 0.05) is 6.20 Å². The van der Waals surface area contributed by atoms with Gasteiger partial charge >= 0.3 is 0 Å². The first-order chi connectivity index (χ1) is 6.20. The molecule has 4 heteroatoms. The Hall–Kier alpha value is -1.29. The fourth-order valence-electron chi connectivity index (χ4n) is 0.772. The van der Waals surface area contributed by atoms with E-state index in [1.165, 1.54) is 12.5 Å². The van der Waals surface area contributed by atoms with Crippen LogP contribution in [-0.2, 0) is 4.74 Å². The molecule has 0 aliphatic carbocycles. The first kappa shape index (κ1) is 9.80. The summed E-state index contributed by atoms with van der Waals surface area (Å²) in [6.07, 6.45) is 2.95. The van der Waals surface area contributed by atoms with E-state index < -0.39 is 0 Å². The predicted molar refractivity (Wildman–Crippen MR) is 47.5 cm³/mol. The van der Waals surface area contributed by atoms with Crippen molar-refractivity contribution < 1.29 is 9.53 Å². The van der Waals surface area contributed by atoms with Gasteiger partial charge in [-0.05, 0) is 19.9 Å². The summed E-state index contributed by atoms with van der Waals surface area (Å²) in [4.78, 5) is 18.9. The number of carbonyl (C=O) groups is 1. The van der Waals surface area contributed by atoms with Crippen LogP contribution in [0.3, 0.4) is 0 Å². The number of ether oxygens (including phenoxy) is 1. The molecule has 0 aliphatic heterocycles. The second-order valence-electron chi connectivity index (χ2n) is 2.88. The molecule has 0 aliphatic rings. The quantitative estimate of drug-likeness (QED) is 0.651. The van der Waals surface area contributed by atoms with Crippen LogP contribution in [0.5, 0.6) is 0 Å². The lowest BCUT2D eigenvalue weighted by Crippen LogP contribution is -2.14. The number of hydrogen-bond donors (Lipinski definition) is 0. The summed E-state index contributed by atoms with van der Waals surface area (Å²) in [7, 11) is 0. The minimum Gasteiger partial charge on any atom is -0.371 e. The van der Waals surface area contributed by atoms with Crippen LogP contribution in [0.1, 0.15) is 24.3 Å². The molecule has 0 aromatic carbocycles. The maximum absolute atomic E-state index is 11.3. The van der Waals surface area contributed by atoms with Gasteiger partial charge in [0.05, 0.1) is 6.10 Å². The number of nitrogens with zero attached hydrogens (tertiary/aromatic N) is 2. The Balaban J connectivity index is 2.50. The zero-order valence-corrected chi connectivity index (χ0v) is 7.73. The number of aromatic nitrogens is 2. The van der Waals surface area contributed by atoms with E-state index in [2.05, 4.69) is 9.97 Å². The Bertz CT molecular complexity index is 272. The van der Waals surface area contributed by atoms with Gasteiger partial charge in [0.2, 0.25) is 5.78 Å². The van der Waals surface area contributed by atoms with Crippen LogP contribution in [0.4, 0.5) is 0 Å². The lowest BCUT2D eigenvalue weighted by molar-refractivity contribution is 0.0580. The molecule has 0 saturated carbocycles. The molecule has 0 spiro atoms. The first-order valence-electron chi connectivity index (χ1n) is 4.11. The highest BCUT2D eigenvalue weighted by atomic mass is 16.5. The molecule has 0 bridgehead atoms. The van der Waals surface area contributed by atoms with E-state index in [0.717, 1.165) is 0 Å². The first-order valence-corrected chi connectivity index (χ1v) is 4.11. The van der Waals surface area contributed by atoms with Crippen LogP contribution in [0.25, 0.3) is 0 Å². The summed E-state index contributed by atoms with van der Waals surface area (Å²) in [5.74, 6) is -0.115. The van der Waals surface area contributed by atoms with E-state index in [-0.39, 0.29) is 18.5 Å². The Morgan fingerprint density at radius 3 is 2.92 bits per heavy atom. The minimum atomic E-state index is -0.115. The number of rotatable bonds is 4. The van der Waals surface area contributed by atoms with Crippen molar-refractivity contribution in [1.82, 2.24) is 9.97 Å². The van der Waals surface area contributed by atoms with Crippen molar-refractivity contribution in [2.24, 2.45) is 0 Å². The minimum absolute atomic E-state index is 0.0609. The van der Waals surface area contributed by atoms with E-state index in [4.69, 9.17) is 4.74 Å². The highest BCUT2D eigenvalue weighted by Crippen LogP contribution is 1.96. The van der Waals surface area contributed by atoms with Gasteiger partial charge in [0.15, 0.2) is 0 Å². The molecule has 1 rings (SSSR count). The molecule has 0 fully saturated rings. The van der Waals surface area contributed by atoms with Gasteiger partial charge in [0.25, 0.3) is 0 Å². The van der Waals surface area contributed by atoms with Gasteiger partial charge in [-0.3, -0.25) is 4.79 Å². The largest absolute Gasteiger partial charge is 0.371 e. The van der Waals surface area contributed by atoms with Crippen molar-refractivity contribution >= 4 is 5.78 Å². The molecular formula is C9H12N2O2. The van der Waals surface area contributed by atoms with E-state index in [1.807, 2.05) is 13.8 Å². The van der Waals surface area contributed by atoms with E-state index >= 15 is 0 Å². The average Bonchev–Trinajstić information content (AvgIpc) is 2.15. The van der Waals surface area contributed by atoms with Crippen LogP contribution >= 0.6 is 0 Å². The zero-order valence-electron chi connectivity index (χ0n) is 7.73. The van der Waals surface area contributed by atoms with Crippen molar-refractivity contribution in [3.05, 3.63) is 24.3 Å². The van der Waals surface area contributed by atoms with Crippen molar-refractivity contribution in [2.75, 3.05) is 6.61 Å². The summed E-state index contributed by atoms with van der Waals surface area (Å²) < 4.78 is 5.15. The van der Waals surface area contributed by atoms with Gasteiger partial charge in [-0.15, -0.1) is 0 Å². The normalized spacial score (nSPS) is 10.4. The Labute approximate surface area is 77.0 Å². The highest BCUT2D eigenvalue weighted by Gasteiger charge is 2.07. The lowest BCUT2D eigenvalue weighted by atomic mass is 10.3. The van der Waals surface area contributed by atoms with E-state index in [1.54, 1.807) is 6.07 Å². The third kappa shape index (κ3) is 3.29. The average molecular weight is 180 g/mol. The van der Waals surface area contributed by atoms with Crippen molar-refractivity contribution in [3.8, 4) is 0 Å². The van der Waals surface area contributed by atoms with E-state index in [0.29, 0.717) is 5.69 Å². The van der Waals surface area contributed by atoms with Gasteiger partial charge in [-0.2, -0.15) is 0 Å². The summed E-state index contributed by atoms with van der Waals surface area (Å²) in [6.45, 7) is 3.84. The fraction of sp³-hybridized carbons (Fsp3) is 0.444. The summed E-state index contributed by atoms with van der Waals surface area (Å²) in [6, 6.07) is 1.58. The molecule has 70 valence electrons. The second kappa shape index (κ2) is 4.67. The number of ketones is 1. The maximum Gasteiger partial charge on any atom is 0.206 e. The molecule has 1 heterocycles. The van der Waals surface area contributed by atoms with E-state index in [9.17, 15) is 4.79 Å². The summed E-state index contributed by atoms with van der Waals surface area (Å²) in [5, 5.41) is 0. The topological polar surface area (TPSA) is 52.1 Å². The number of Topliss-reactive ketones (excluding diaryl/α,β-unsaturated/α-hetero) is 1. The maximum atomic E-state index is 11.3. The standard InChI is InChI=1S/C9H12N2O2/c1-7(2)13-5-9(12)8-3-4-10-6-11-8/h3-4,6-7H,5H2,1-2H3. The second-order valence-corrected chi connectivity index (χ2v) is 2.88. The molecular weight excluding hydrogens is 168 g/mol. The molecule has 0 unspecified atom stereocenters. The summed E-state index contributed by atoms with van der Waals surface area (Å²) >= 11 is 0. The molecule has 0 saturated heterocycles. The number of hydrogen-bond acceptors (Lipinski definition) is 4. The van der Waals surface area contributed by atoms with Crippen LogP contribution in [0.15, 0.2) is 18.6 Å². The van der Waals surface area contributed by atoms with Crippen molar-refractivity contribution in [1.29, 1.82) is 0 Å². The van der Waals surface area contributed by atoms with Crippen LogP contribution in [0, 0.1) is 0 Å². The van der Waals surface area contributed by atoms with Gasteiger partial charge in [-0.1, -0.05) is 0 Å². The molecule has 0 N–H and O–H groups in total. The van der Waals surface area contributed by atoms with Gasteiger partial charge < -0.3 is 4.74 Å². The molecule has 0 atom stereocenters. The lowest BCUT2D eigenvalue weighted by Gasteiger charge is -2.05. The Kier molecular flexibility index (Phi) is 3.52. The monoisotopic (exact) mass is 180 g/mol. The molecule has 0 amide bonds. The van der Waals surface area contributed by atoms with Gasteiger partial charge in [-0.25, -0.2) is 9.97 Å². The molecule has 1 aromatic rings. The molecule has 4 nitrogen and oxygen atoms in total. The SMILES string of the molecule is CC(C)OCC(=O)c1ccncn1. The zero-order chi connectivity index (χ0) is 9.68. The Morgan fingerprint density at radius 2 is 2.38 bits per heavy atom. The van der Waals surface area contributed by atoms with Crippen LogP contribution < -0.4 is 0 Å². The van der Waals surface area contributed by atoms with Crippen molar-refractivity contribution in [3.63, 3.8) is 0 Å². The summed E-state index contributed by atoms with van der Waals surface area (Å²) in [5.41, 5.74) is 0.399. The Morgan fingerprint density at radius 1 is 1.62 bits per heavy atom. The van der Waals surface area contributed by atoms with Crippen molar-refractivity contribution in [2.45, 2.75) is 20.0 Å². The number of carbonyl (C=O) groups excluding carboxylic acids is 1. The van der Waals surface area contributed by atoms with Crippen LogP contribution in [-0.4, -0.2) is 28.5 Å². The predicted octanol–water partition coefficient (Wildman–Crippen LogP) is 1.08. The third-order valence-electron chi connectivity index (χ3n) is 1.42. The fourth-order valence-corrected chi connectivity index (χ4v) is 0.772. The molecule has 1 aromatic heterocycles. The smallest absolute Gasteiger partial charge is 0.206 e.